The third kappa shape index (κ3) is 7.76. The van der Waals surface area contributed by atoms with E-state index in [1.807, 2.05) is 6.07 Å². The Morgan fingerprint density at radius 3 is 2.53 bits per heavy atom. The van der Waals surface area contributed by atoms with Crippen molar-refractivity contribution in [1.29, 1.82) is 0 Å². The number of hydrogen-bond donors (Lipinski definition) is 1. The molecule has 0 unspecified atom stereocenters. The molecule has 0 heterocycles. The lowest BCUT2D eigenvalue weighted by atomic mass is 10.1. The van der Waals surface area contributed by atoms with Crippen LogP contribution in [0.15, 0.2) is 36.4 Å². The summed E-state index contributed by atoms with van der Waals surface area (Å²) in [6.45, 7) is 4.37. The summed E-state index contributed by atoms with van der Waals surface area (Å²) < 4.78 is 0. The molecule has 1 aromatic carbocycles. The lowest BCUT2D eigenvalue weighted by Gasteiger charge is -2.01. The molecule has 0 saturated heterocycles. The topological polar surface area (TPSA) is 12.0 Å². The van der Waals surface area contributed by atoms with E-state index >= 15 is 0 Å². The largest absolute Gasteiger partial charge is 0.313 e. The van der Waals surface area contributed by atoms with Gasteiger partial charge in [-0.25, -0.2) is 0 Å². The highest BCUT2D eigenvalue weighted by Gasteiger charge is 1.88. The highest BCUT2D eigenvalue weighted by Crippen LogP contribution is 2.01. The van der Waals surface area contributed by atoms with Crippen molar-refractivity contribution in [3.05, 3.63) is 42.0 Å². The minimum absolute atomic E-state index is 0.975. The van der Waals surface area contributed by atoms with E-state index in [9.17, 15) is 0 Å². The van der Waals surface area contributed by atoms with E-state index in [4.69, 9.17) is 0 Å². The van der Waals surface area contributed by atoms with Crippen LogP contribution in [0.4, 0.5) is 0 Å². The molecular weight excluding hydrogens is 206 g/mol. The van der Waals surface area contributed by atoms with E-state index in [2.05, 4.69) is 48.7 Å². The van der Waals surface area contributed by atoms with Crippen LogP contribution in [0.1, 0.15) is 44.6 Å². The molecule has 0 bridgehead atoms. The van der Waals surface area contributed by atoms with Crippen molar-refractivity contribution in [3.8, 4) is 0 Å². The van der Waals surface area contributed by atoms with Gasteiger partial charge in [0.05, 0.1) is 0 Å². The van der Waals surface area contributed by atoms with E-state index in [0.29, 0.717) is 0 Å². The van der Waals surface area contributed by atoms with Crippen molar-refractivity contribution in [3.63, 3.8) is 0 Å². The van der Waals surface area contributed by atoms with Crippen molar-refractivity contribution in [2.75, 3.05) is 13.1 Å². The summed E-state index contributed by atoms with van der Waals surface area (Å²) >= 11 is 0. The second-order valence-corrected chi connectivity index (χ2v) is 4.43. The molecule has 0 atom stereocenters. The average molecular weight is 231 g/mol. The molecule has 0 spiro atoms. The first-order valence-corrected chi connectivity index (χ1v) is 6.86. The van der Waals surface area contributed by atoms with E-state index in [0.717, 1.165) is 13.1 Å². The summed E-state index contributed by atoms with van der Waals surface area (Å²) in [5.41, 5.74) is 1.28. The molecule has 0 aromatic heterocycles. The number of rotatable bonds is 9. The average Bonchev–Trinajstić information content (AvgIpc) is 2.38. The highest BCUT2D eigenvalue weighted by molar-refractivity contribution is 5.48. The lowest BCUT2D eigenvalue weighted by molar-refractivity contribution is 0.601. The van der Waals surface area contributed by atoms with Crippen LogP contribution in [0.3, 0.4) is 0 Å². The first kappa shape index (κ1) is 14.0. The molecule has 0 aliphatic heterocycles. The van der Waals surface area contributed by atoms with Crippen molar-refractivity contribution < 1.29 is 0 Å². The van der Waals surface area contributed by atoms with Gasteiger partial charge in [0, 0.05) is 6.54 Å². The summed E-state index contributed by atoms with van der Waals surface area (Å²) in [5, 5.41) is 3.45. The summed E-state index contributed by atoms with van der Waals surface area (Å²) in [7, 11) is 0. The Balaban J connectivity index is 1.95. The standard InChI is InChI=1S/C16H25N/c1-2-3-4-5-9-14-17-15-10-13-16-11-7-6-8-12-16/h6-8,10-13,17H,2-5,9,14-15H2,1H3/b13-10+. The van der Waals surface area contributed by atoms with Gasteiger partial charge in [0.25, 0.3) is 0 Å². The molecule has 1 nitrogen and oxygen atoms in total. The van der Waals surface area contributed by atoms with E-state index in [1.54, 1.807) is 0 Å². The van der Waals surface area contributed by atoms with Gasteiger partial charge in [-0.15, -0.1) is 0 Å². The van der Waals surface area contributed by atoms with Crippen LogP contribution in [0.25, 0.3) is 6.08 Å². The molecule has 0 amide bonds. The molecule has 1 N–H and O–H groups in total. The van der Waals surface area contributed by atoms with Gasteiger partial charge in [0.2, 0.25) is 0 Å². The van der Waals surface area contributed by atoms with Gasteiger partial charge in [0.15, 0.2) is 0 Å². The third-order valence-electron chi connectivity index (χ3n) is 2.83. The summed E-state index contributed by atoms with van der Waals surface area (Å²) in [6.07, 6.45) is 11.1. The third-order valence-corrected chi connectivity index (χ3v) is 2.83. The van der Waals surface area contributed by atoms with Gasteiger partial charge in [-0.05, 0) is 18.5 Å². The van der Waals surface area contributed by atoms with Crippen LogP contribution in [0.5, 0.6) is 0 Å². The Morgan fingerprint density at radius 1 is 1.00 bits per heavy atom. The van der Waals surface area contributed by atoms with Crippen molar-refractivity contribution in [2.24, 2.45) is 0 Å². The molecule has 1 aromatic rings. The Hall–Kier alpha value is -1.08. The fraction of sp³-hybridized carbons (Fsp3) is 0.500. The minimum Gasteiger partial charge on any atom is -0.313 e. The summed E-state index contributed by atoms with van der Waals surface area (Å²) in [4.78, 5) is 0. The number of nitrogens with one attached hydrogen (secondary N) is 1. The summed E-state index contributed by atoms with van der Waals surface area (Å²) in [5.74, 6) is 0. The van der Waals surface area contributed by atoms with Crippen LogP contribution in [0, 0.1) is 0 Å². The second-order valence-electron chi connectivity index (χ2n) is 4.43. The van der Waals surface area contributed by atoms with Gasteiger partial charge in [0.1, 0.15) is 0 Å². The minimum atomic E-state index is 0.975. The van der Waals surface area contributed by atoms with E-state index in [1.165, 1.54) is 37.7 Å². The van der Waals surface area contributed by atoms with Gasteiger partial charge >= 0.3 is 0 Å². The molecule has 1 rings (SSSR count). The Labute approximate surface area is 106 Å². The molecule has 0 fully saturated rings. The Bertz CT molecular complexity index is 290. The smallest absolute Gasteiger partial charge is 0.0138 e. The molecule has 0 radical (unpaired) electrons. The lowest BCUT2D eigenvalue weighted by Crippen LogP contribution is -2.14. The normalized spacial score (nSPS) is 11.1. The molecule has 1 heteroatoms. The Morgan fingerprint density at radius 2 is 1.76 bits per heavy atom. The monoisotopic (exact) mass is 231 g/mol. The first-order chi connectivity index (χ1) is 8.43. The molecule has 17 heavy (non-hydrogen) atoms. The van der Waals surface area contributed by atoms with Crippen LogP contribution >= 0.6 is 0 Å². The van der Waals surface area contributed by atoms with E-state index in [-0.39, 0.29) is 0 Å². The highest BCUT2D eigenvalue weighted by atomic mass is 14.8. The van der Waals surface area contributed by atoms with Crippen LogP contribution in [0.2, 0.25) is 0 Å². The zero-order chi connectivity index (χ0) is 12.2. The number of unbranched alkanes of at least 4 members (excludes halogenated alkanes) is 4. The van der Waals surface area contributed by atoms with Crippen molar-refractivity contribution in [2.45, 2.75) is 39.0 Å². The van der Waals surface area contributed by atoms with Crippen molar-refractivity contribution in [1.82, 2.24) is 5.32 Å². The van der Waals surface area contributed by atoms with Gasteiger partial charge in [-0.2, -0.15) is 0 Å². The molecule has 0 saturated carbocycles. The fourth-order valence-electron chi connectivity index (χ4n) is 1.80. The van der Waals surface area contributed by atoms with Crippen LogP contribution in [-0.2, 0) is 0 Å². The molecule has 94 valence electrons. The quantitative estimate of drug-likeness (QED) is 0.626. The van der Waals surface area contributed by atoms with Crippen LogP contribution < -0.4 is 5.32 Å². The molecular formula is C16H25N. The molecule has 0 aliphatic carbocycles. The maximum Gasteiger partial charge on any atom is 0.0138 e. The second kappa shape index (κ2) is 10.1. The van der Waals surface area contributed by atoms with Gasteiger partial charge < -0.3 is 5.32 Å². The number of hydrogen-bond acceptors (Lipinski definition) is 1. The van der Waals surface area contributed by atoms with Crippen LogP contribution in [-0.4, -0.2) is 13.1 Å². The zero-order valence-electron chi connectivity index (χ0n) is 11.0. The van der Waals surface area contributed by atoms with Gasteiger partial charge in [-0.1, -0.05) is 75.1 Å². The first-order valence-electron chi connectivity index (χ1n) is 6.86. The maximum absolute atomic E-state index is 3.45. The summed E-state index contributed by atoms with van der Waals surface area (Å²) in [6, 6.07) is 10.4. The zero-order valence-corrected chi connectivity index (χ0v) is 11.0. The molecule has 0 aliphatic rings. The SMILES string of the molecule is CCCCCCCNC/C=C/c1ccccc1. The maximum atomic E-state index is 3.45. The Kier molecular flexibility index (Phi) is 8.31. The van der Waals surface area contributed by atoms with Gasteiger partial charge in [-0.3, -0.25) is 0 Å². The van der Waals surface area contributed by atoms with E-state index < -0.39 is 0 Å². The predicted octanol–water partition coefficient (Wildman–Crippen LogP) is 4.26. The number of benzene rings is 1. The fourth-order valence-corrected chi connectivity index (χ4v) is 1.80. The van der Waals surface area contributed by atoms with Crippen molar-refractivity contribution >= 4 is 6.08 Å². The predicted molar refractivity (Wildman–Crippen MR) is 77.1 cm³/mol.